The number of halogens is 1. The van der Waals surface area contributed by atoms with Crippen LogP contribution in [0.15, 0.2) is 54.6 Å². The first-order chi connectivity index (χ1) is 17.1. The molecule has 35 heavy (non-hydrogen) atoms. The lowest BCUT2D eigenvalue weighted by Gasteiger charge is -2.36. The van der Waals surface area contributed by atoms with E-state index in [1.807, 2.05) is 30.3 Å². The minimum Gasteiger partial charge on any atom is -0.367 e. The lowest BCUT2D eigenvalue weighted by atomic mass is 10.2. The van der Waals surface area contributed by atoms with Gasteiger partial charge >= 0.3 is 0 Å². The minimum atomic E-state index is -0.306. The van der Waals surface area contributed by atoms with Crippen LogP contribution in [0.1, 0.15) is 27.7 Å². The molecule has 0 spiro atoms. The van der Waals surface area contributed by atoms with Crippen molar-refractivity contribution in [2.45, 2.75) is 19.3 Å². The summed E-state index contributed by atoms with van der Waals surface area (Å²) in [5.41, 5.74) is 1.36. The maximum atomic E-state index is 14.0. The Kier molecular flexibility index (Phi) is 8.74. The van der Waals surface area contributed by atoms with E-state index in [-0.39, 0.29) is 22.6 Å². The maximum absolute atomic E-state index is 14.0. The van der Waals surface area contributed by atoms with Crippen molar-refractivity contribution < 1.29 is 14.0 Å². The van der Waals surface area contributed by atoms with Crippen LogP contribution in [0.2, 0.25) is 0 Å². The second-order valence-corrected chi connectivity index (χ2v) is 9.37. The van der Waals surface area contributed by atoms with Crippen molar-refractivity contribution in [2.75, 3.05) is 49.5 Å². The Morgan fingerprint density at radius 2 is 1.71 bits per heavy atom. The van der Waals surface area contributed by atoms with Crippen LogP contribution in [0.25, 0.3) is 0 Å². The van der Waals surface area contributed by atoms with Crippen molar-refractivity contribution >= 4 is 34.5 Å². The smallest absolute Gasteiger partial charge is 0.286 e. The highest BCUT2D eigenvalue weighted by Crippen LogP contribution is 2.20. The van der Waals surface area contributed by atoms with Crippen molar-refractivity contribution in [1.82, 2.24) is 20.4 Å². The Balaban J connectivity index is 1.09. The zero-order valence-corrected chi connectivity index (χ0v) is 20.3. The molecule has 2 heterocycles. The Morgan fingerprint density at radius 1 is 0.971 bits per heavy atom. The molecule has 0 bridgehead atoms. The predicted molar refractivity (Wildman–Crippen MR) is 135 cm³/mol. The fraction of sp³-hybridized carbons (Fsp3) is 0.360. The Bertz CT molecular complexity index is 1120. The van der Waals surface area contributed by atoms with E-state index in [9.17, 15) is 14.0 Å². The molecular formula is C25H29FN6O2S. The van der Waals surface area contributed by atoms with E-state index >= 15 is 0 Å². The van der Waals surface area contributed by atoms with E-state index in [2.05, 4.69) is 30.6 Å². The Labute approximate surface area is 208 Å². The molecular weight excluding hydrogens is 467 g/mol. The van der Waals surface area contributed by atoms with Crippen LogP contribution < -0.4 is 15.5 Å². The van der Waals surface area contributed by atoms with Crippen LogP contribution in [0.4, 0.5) is 15.8 Å². The lowest BCUT2D eigenvalue weighted by Crippen LogP contribution is -2.47. The number of aryl methyl sites for hydroxylation is 1. The molecule has 0 unspecified atom stereocenters. The first-order valence-corrected chi connectivity index (χ1v) is 12.6. The van der Waals surface area contributed by atoms with Gasteiger partial charge in [0.05, 0.1) is 5.69 Å². The fourth-order valence-corrected chi connectivity index (χ4v) is 4.65. The molecule has 0 aliphatic carbocycles. The Morgan fingerprint density at radius 3 is 2.49 bits per heavy atom. The van der Waals surface area contributed by atoms with Crippen LogP contribution in [0.3, 0.4) is 0 Å². The van der Waals surface area contributed by atoms with E-state index in [0.717, 1.165) is 39.1 Å². The third-order valence-electron chi connectivity index (χ3n) is 5.80. The predicted octanol–water partition coefficient (Wildman–Crippen LogP) is 3.19. The number of nitrogens with one attached hydrogen (secondary N) is 2. The van der Waals surface area contributed by atoms with Crippen LogP contribution in [0, 0.1) is 5.82 Å². The number of aromatic nitrogens is 2. The quantitative estimate of drug-likeness (QED) is 0.419. The molecule has 184 valence electrons. The summed E-state index contributed by atoms with van der Waals surface area (Å²) >= 11 is 1.20. The second kappa shape index (κ2) is 12.4. The number of anilines is 2. The molecule has 2 aromatic carbocycles. The molecule has 0 radical (unpaired) electrons. The highest BCUT2D eigenvalue weighted by atomic mass is 32.1. The molecule has 2 N–H and O–H groups in total. The van der Waals surface area contributed by atoms with Crippen LogP contribution in [-0.4, -0.2) is 66.2 Å². The summed E-state index contributed by atoms with van der Waals surface area (Å²) in [6.07, 6.45) is 1.60. The molecule has 1 aliphatic heterocycles. The van der Waals surface area contributed by atoms with Crippen LogP contribution in [0.5, 0.6) is 0 Å². The largest absolute Gasteiger partial charge is 0.367 e. The van der Waals surface area contributed by atoms with Crippen molar-refractivity contribution in [3.8, 4) is 0 Å². The number of rotatable bonds is 10. The molecule has 0 saturated carbocycles. The van der Waals surface area contributed by atoms with Crippen LogP contribution in [-0.2, 0) is 11.2 Å². The third kappa shape index (κ3) is 7.30. The van der Waals surface area contributed by atoms with Crippen molar-refractivity contribution in [3.05, 3.63) is 70.4 Å². The highest BCUT2D eigenvalue weighted by Gasteiger charge is 2.19. The van der Waals surface area contributed by atoms with E-state index < -0.39 is 0 Å². The van der Waals surface area contributed by atoms with Gasteiger partial charge in [0.1, 0.15) is 10.8 Å². The van der Waals surface area contributed by atoms with Crippen LogP contribution >= 0.6 is 11.3 Å². The fourth-order valence-electron chi connectivity index (χ4n) is 3.91. The number of amides is 2. The molecule has 4 rings (SSSR count). The summed E-state index contributed by atoms with van der Waals surface area (Å²) in [5.74, 6) is -0.525. The van der Waals surface area contributed by atoms with Gasteiger partial charge in [0.25, 0.3) is 5.91 Å². The van der Waals surface area contributed by atoms with Gasteiger partial charge in [-0.1, -0.05) is 41.7 Å². The number of nitrogens with zero attached hydrogens (tertiary/aromatic N) is 4. The average Bonchev–Trinajstić information content (AvgIpc) is 3.36. The number of carbonyl (C=O) groups excluding carboxylic acids is 2. The summed E-state index contributed by atoms with van der Waals surface area (Å²) in [5, 5.41) is 14.6. The van der Waals surface area contributed by atoms with Gasteiger partial charge in [0, 0.05) is 51.3 Å². The minimum absolute atomic E-state index is 0.0418. The maximum Gasteiger partial charge on any atom is 0.286 e. The molecule has 1 aliphatic rings. The lowest BCUT2D eigenvalue weighted by molar-refractivity contribution is -0.121. The number of para-hydroxylation sites is 2. The van der Waals surface area contributed by atoms with Gasteiger partial charge in [0.15, 0.2) is 0 Å². The normalized spacial score (nSPS) is 14.0. The first kappa shape index (κ1) is 24.7. The zero-order valence-electron chi connectivity index (χ0n) is 19.5. The summed E-state index contributed by atoms with van der Waals surface area (Å²) in [6, 6.07) is 16.0. The van der Waals surface area contributed by atoms with E-state index in [1.165, 1.54) is 17.4 Å². The molecule has 8 nitrogen and oxygen atoms in total. The van der Waals surface area contributed by atoms with Gasteiger partial charge < -0.3 is 15.5 Å². The van der Waals surface area contributed by atoms with Crippen molar-refractivity contribution in [3.63, 3.8) is 0 Å². The van der Waals surface area contributed by atoms with Crippen molar-refractivity contribution in [2.24, 2.45) is 0 Å². The number of carbonyl (C=O) groups is 2. The summed E-state index contributed by atoms with van der Waals surface area (Å²) in [7, 11) is 0. The van der Waals surface area contributed by atoms with Gasteiger partial charge in [-0.25, -0.2) is 4.39 Å². The number of piperazine rings is 1. The molecule has 1 saturated heterocycles. The average molecular weight is 497 g/mol. The molecule has 3 aromatic rings. The van der Waals surface area contributed by atoms with E-state index in [4.69, 9.17) is 0 Å². The second-order valence-electron chi connectivity index (χ2n) is 8.30. The highest BCUT2D eigenvalue weighted by molar-refractivity contribution is 7.13. The monoisotopic (exact) mass is 496 g/mol. The van der Waals surface area contributed by atoms with Gasteiger partial charge in [0.2, 0.25) is 10.9 Å². The number of hydrogen-bond donors (Lipinski definition) is 2. The SMILES string of the molecule is O=C(CCc1nnc(C(=O)Nc2ccccc2)s1)NCCCN1CCN(c2ccccc2F)CC1. The first-order valence-electron chi connectivity index (χ1n) is 11.8. The standard InChI is InChI=1S/C25H29FN6O2S/c26-20-9-4-5-10-21(20)32-17-15-31(16-18-32)14-6-13-27-22(33)11-12-23-29-30-25(35-23)24(34)28-19-7-2-1-3-8-19/h1-5,7-10H,6,11-18H2,(H,27,33)(H,28,34). The van der Waals surface area contributed by atoms with E-state index in [0.29, 0.717) is 35.8 Å². The van der Waals surface area contributed by atoms with Gasteiger partial charge in [-0.3, -0.25) is 14.5 Å². The van der Waals surface area contributed by atoms with Crippen molar-refractivity contribution in [1.29, 1.82) is 0 Å². The summed E-state index contributed by atoms with van der Waals surface area (Å²) < 4.78 is 14.0. The van der Waals surface area contributed by atoms with Gasteiger partial charge in [-0.05, 0) is 37.2 Å². The van der Waals surface area contributed by atoms with Gasteiger partial charge in [-0.2, -0.15) is 0 Å². The topological polar surface area (TPSA) is 90.5 Å². The number of benzene rings is 2. The molecule has 10 heteroatoms. The van der Waals surface area contributed by atoms with E-state index in [1.54, 1.807) is 18.2 Å². The Hall–Kier alpha value is -3.37. The summed E-state index contributed by atoms with van der Waals surface area (Å²) in [6.45, 7) is 4.83. The summed E-state index contributed by atoms with van der Waals surface area (Å²) in [4.78, 5) is 28.9. The zero-order chi connectivity index (χ0) is 24.5. The molecule has 1 fully saturated rings. The molecule has 1 aromatic heterocycles. The van der Waals surface area contributed by atoms with Gasteiger partial charge in [-0.15, -0.1) is 10.2 Å². The molecule has 0 atom stereocenters. The third-order valence-corrected chi connectivity index (χ3v) is 6.78. The number of hydrogen-bond acceptors (Lipinski definition) is 7. The molecule has 2 amide bonds.